The first-order valence-electron chi connectivity index (χ1n) is 8.88. The number of halogens is 1. The molecule has 1 fully saturated rings. The number of carbonyl (C=O) groups is 2. The van der Waals surface area contributed by atoms with Gasteiger partial charge in [0.2, 0.25) is 0 Å². The molecular weight excluding hydrogens is 337 g/mol. The minimum absolute atomic E-state index is 0.269. The minimum atomic E-state index is -0.989. The van der Waals surface area contributed by atoms with Crippen LogP contribution in [0.25, 0.3) is 5.69 Å². The molecule has 1 atom stereocenters. The molecule has 1 N–H and O–H groups in total. The molecule has 0 spiro atoms. The van der Waals surface area contributed by atoms with Crippen molar-refractivity contribution in [3.63, 3.8) is 0 Å². The van der Waals surface area contributed by atoms with Crippen molar-refractivity contribution >= 4 is 11.9 Å². The third-order valence-corrected chi connectivity index (χ3v) is 5.26. The highest BCUT2D eigenvalue weighted by molar-refractivity contribution is 5.97. The predicted molar refractivity (Wildman–Crippen MR) is 92.0 cm³/mol. The fourth-order valence-electron chi connectivity index (χ4n) is 3.99. The molecule has 1 aromatic carbocycles. The van der Waals surface area contributed by atoms with Gasteiger partial charge in [0.05, 0.1) is 0 Å². The standard InChI is InChI=1S/C19H20FN3O3/c1-11-7-8-15(13(20)10-11)23-14-5-2-4-12(14)17(21-23)18(24)22-9-3-6-16(22)19(25)26/h7-8,10,16H,2-6,9H2,1H3,(H,25,26). The lowest BCUT2D eigenvalue weighted by atomic mass is 10.1. The summed E-state index contributed by atoms with van der Waals surface area (Å²) < 4.78 is 16.0. The van der Waals surface area contributed by atoms with Crippen LogP contribution in [-0.2, 0) is 17.6 Å². The maximum absolute atomic E-state index is 14.4. The summed E-state index contributed by atoms with van der Waals surface area (Å²) in [6.07, 6.45) is 3.43. The number of carboxylic acids is 1. The van der Waals surface area contributed by atoms with Gasteiger partial charge in [-0.05, 0) is 56.7 Å². The molecule has 136 valence electrons. The summed E-state index contributed by atoms with van der Waals surface area (Å²) in [5.41, 5.74) is 3.08. The fourth-order valence-corrected chi connectivity index (χ4v) is 3.99. The van der Waals surface area contributed by atoms with E-state index in [4.69, 9.17) is 0 Å². The van der Waals surface area contributed by atoms with Crippen molar-refractivity contribution in [2.75, 3.05) is 6.54 Å². The summed E-state index contributed by atoms with van der Waals surface area (Å²) in [4.78, 5) is 25.8. The van der Waals surface area contributed by atoms with Crippen LogP contribution in [0.5, 0.6) is 0 Å². The second kappa shape index (κ2) is 6.23. The number of hydrogen-bond donors (Lipinski definition) is 1. The van der Waals surface area contributed by atoms with E-state index >= 15 is 0 Å². The SMILES string of the molecule is Cc1ccc(-n2nc(C(=O)N3CCCC3C(=O)O)c3c2CCC3)c(F)c1. The lowest BCUT2D eigenvalue weighted by Gasteiger charge is -2.20. The molecule has 6 nitrogen and oxygen atoms in total. The molecule has 26 heavy (non-hydrogen) atoms. The van der Waals surface area contributed by atoms with E-state index in [2.05, 4.69) is 5.10 Å². The number of nitrogens with zero attached hydrogens (tertiary/aromatic N) is 3. The summed E-state index contributed by atoms with van der Waals surface area (Å²) in [7, 11) is 0. The molecule has 1 aliphatic carbocycles. The van der Waals surface area contributed by atoms with E-state index in [1.165, 1.54) is 15.6 Å². The second-order valence-electron chi connectivity index (χ2n) is 6.99. The zero-order valence-corrected chi connectivity index (χ0v) is 14.5. The largest absolute Gasteiger partial charge is 0.480 e. The number of likely N-dealkylation sites (tertiary alicyclic amines) is 1. The molecule has 7 heteroatoms. The number of aryl methyl sites for hydroxylation is 1. The van der Waals surface area contributed by atoms with Crippen LogP contribution in [0, 0.1) is 12.7 Å². The van der Waals surface area contributed by atoms with Crippen molar-refractivity contribution in [2.24, 2.45) is 0 Å². The molecule has 0 radical (unpaired) electrons. The Morgan fingerprint density at radius 1 is 1.27 bits per heavy atom. The quantitative estimate of drug-likeness (QED) is 0.916. The van der Waals surface area contributed by atoms with Crippen LogP contribution in [0.2, 0.25) is 0 Å². The van der Waals surface area contributed by atoms with E-state index in [1.54, 1.807) is 6.07 Å². The predicted octanol–water partition coefficient (Wildman–Crippen LogP) is 2.50. The lowest BCUT2D eigenvalue weighted by Crippen LogP contribution is -2.40. The molecular formula is C19H20FN3O3. The first kappa shape index (κ1) is 16.8. The third kappa shape index (κ3) is 2.58. The number of rotatable bonds is 3. The Morgan fingerprint density at radius 2 is 2.08 bits per heavy atom. The highest BCUT2D eigenvalue weighted by Crippen LogP contribution is 2.31. The second-order valence-corrected chi connectivity index (χ2v) is 6.99. The van der Waals surface area contributed by atoms with Gasteiger partial charge in [-0.2, -0.15) is 5.10 Å². The van der Waals surface area contributed by atoms with Gasteiger partial charge in [0.1, 0.15) is 17.5 Å². The first-order valence-corrected chi connectivity index (χ1v) is 8.88. The van der Waals surface area contributed by atoms with Crippen molar-refractivity contribution in [1.82, 2.24) is 14.7 Å². The average molecular weight is 357 g/mol. The Kier molecular flexibility index (Phi) is 4.01. The van der Waals surface area contributed by atoms with E-state index in [1.807, 2.05) is 13.0 Å². The number of carboxylic acid groups (broad SMARTS) is 1. The van der Waals surface area contributed by atoms with Crippen molar-refractivity contribution in [1.29, 1.82) is 0 Å². The number of aromatic nitrogens is 2. The molecule has 2 aliphatic rings. The number of benzene rings is 1. The molecule has 1 amide bonds. The topological polar surface area (TPSA) is 75.4 Å². The Morgan fingerprint density at radius 3 is 2.81 bits per heavy atom. The van der Waals surface area contributed by atoms with Crippen molar-refractivity contribution in [2.45, 2.75) is 45.1 Å². The lowest BCUT2D eigenvalue weighted by molar-refractivity contribution is -0.141. The van der Waals surface area contributed by atoms with Gasteiger partial charge in [-0.1, -0.05) is 6.07 Å². The molecule has 1 saturated heterocycles. The summed E-state index contributed by atoms with van der Waals surface area (Å²) in [5.74, 6) is -1.73. The maximum Gasteiger partial charge on any atom is 0.326 e. The zero-order chi connectivity index (χ0) is 18.4. The van der Waals surface area contributed by atoms with E-state index in [-0.39, 0.29) is 17.4 Å². The fraction of sp³-hybridized carbons (Fsp3) is 0.421. The monoisotopic (exact) mass is 357 g/mol. The molecule has 1 aliphatic heterocycles. The molecule has 1 aromatic heterocycles. The Labute approximate surface area is 150 Å². The summed E-state index contributed by atoms with van der Waals surface area (Å²) in [6, 6.07) is 4.12. The number of aliphatic carboxylic acids is 1. The molecule has 0 saturated carbocycles. The number of amides is 1. The zero-order valence-electron chi connectivity index (χ0n) is 14.5. The summed E-state index contributed by atoms with van der Waals surface area (Å²) >= 11 is 0. The summed E-state index contributed by atoms with van der Waals surface area (Å²) in [5, 5.41) is 13.8. The van der Waals surface area contributed by atoms with Gasteiger partial charge < -0.3 is 10.0 Å². The van der Waals surface area contributed by atoms with E-state index in [0.717, 1.165) is 29.7 Å². The normalized spacial score (nSPS) is 19.0. The minimum Gasteiger partial charge on any atom is -0.480 e. The van der Waals surface area contributed by atoms with Gasteiger partial charge in [-0.15, -0.1) is 0 Å². The number of carbonyl (C=O) groups excluding carboxylic acids is 1. The third-order valence-electron chi connectivity index (χ3n) is 5.26. The van der Waals surface area contributed by atoms with Crippen molar-refractivity contribution in [3.05, 3.63) is 46.5 Å². The summed E-state index contributed by atoms with van der Waals surface area (Å²) in [6.45, 7) is 2.23. The van der Waals surface area contributed by atoms with Crippen LogP contribution >= 0.6 is 0 Å². The first-order chi connectivity index (χ1) is 12.5. The Hall–Kier alpha value is -2.70. The average Bonchev–Trinajstić information content (AvgIpc) is 3.30. The highest BCUT2D eigenvalue weighted by Gasteiger charge is 2.38. The van der Waals surface area contributed by atoms with Crippen LogP contribution in [-0.4, -0.2) is 44.3 Å². The van der Waals surface area contributed by atoms with Gasteiger partial charge in [-0.25, -0.2) is 13.9 Å². The smallest absolute Gasteiger partial charge is 0.326 e. The van der Waals surface area contributed by atoms with Crippen LogP contribution in [0.15, 0.2) is 18.2 Å². The van der Waals surface area contributed by atoms with Gasteiger partial charge in [-0.3, -0.25) is 4.79 Å². The molecule has 4 rings (SSSR count). The number of fused-ring (bicyclic) bond motifs is 1. The van der Waals surface area contributed by atoms with Crippen LogP contribution in [0.3, 0.4) is 0 Å². The molecule has 2 aromatic rings. The number of hydrogen-bond acceptors (Lipinski definition) is 3. The van der Waals surface area contributed by atoms with Gasteiger partial charge in [0.15, 0.2) is 5.69 Å². The molecule has 0 bridgehead atoms. The van der Waals surface area contributed by atoms with Gasteiger partial charge in [0.25, 0.3) is 5.91 Å². The van der Waals surface area contributed by atoms with Crippen molar-refractivity contribution < 1.29 is 19.1 Å². The van der Waals surface area contributed by atoms with Crippen LogP contribution < -0.4 is 0 Å². The molecule has 1 unspecified atom stereocenters. The van der Waals surface area contributed by atoms with Crippen molar-refractivity contribution in [3.8, 4) is 5.69 Å². The Balaban J connectivity index is 1.77. The van der Waals surface area contributed by atoms with Gasteiger partial charge in [0, 0.05) is 17.8 Å². The van der Waals surface area contributed by atoms with Crippen LogP contribution in [0.4, 0.5) is 4.39 Å². The Bertz CT molecular complexity index is 906. The molecule has 2 heterocycles. The van der Waals surface area contributed by atoms with E-state index < -0.39 is 12.0 Å². The van der Waals surface area contributed by atoms with Crippen LogP contribution in [0.1, 0.15) is 46.6 Å². The highest BCUT2D eigenvalue weighted by atomic mass is 19.1. The van der Waals surface area contributed by atoms with E-state index in [9.17, 15) is 19.1 Å². The van der Waals surface area contributed by atoms with E-state index in [0.29, 0.717) is 31.5 Å². The van der Waals surface area contributed by atoms with Gasteiger partial charge >= 0.3 is 5.97 Å². The maximum atomic E-state index is 14.4.